The summed E-state index contributed by atoms with van der Waals surface area (Å²) < 4.78 is 10.6. The van der Waals surface area contributed by atoms with Crippen LogP contribution in [-0.4, -0.2) is 43.3 Å². The van der Waals surface area contributed by atoms with Gasteiger partial charge in [0.1, 0.15) is 5.75 Å². The number of carbonyl (C=O) groups excluding carboxylic acids is 2. The van der Waals surface area contributed by atoms with Gasteiger partial charge in [0.25, 0.3) is 5.91 Å². The molecular formula is C16H16BrNO5. The second-order valence-corrected chi connectivity index (χ2v) is 5.52. The Morgan fingerprint density at radius 3 is 2.74 bits per heavy atom. The molecule has 2 N–H and O–H groups in total. The second kappa shape index (κ2) is 7.94. The summed E-state index contributed by atoms with van der Waals surface area (Å²) in [4.78, 5) is 22.7. The van der Waals surface area contributed by atoms with Gasteiger partial charge in [0.05, 0.1) is 18.1 Å². The maximum absolute atomic E-state index is 11.7. The van der Waals surface area contributed by atoms with Gasteiger partial charge in [-0.1, -0.05) is 30.3 Å². The summed E-state index contributed by atoms with van der Waals surface area (Å²) >= 11 is 3.46. The molecular weight excluding hydrogens is 366 g/mol. The highest BCUT2D eigenvalue weighted by Crippen LogP contribution is 2.32. The van der Waals surface area contributed by atoms with Gasteiger partial charge in [-0.25, -0.2) is 4.79 Å². The highest BCUT2D eigenvalue weighted by atomic mass is 79.9. The molecule has 0 bridgehead atoms. The first kappa shape index (κ1) is 17.2. The van der Waals surface area contributed by atoms with E-state index in [-0.39, 0.29) is 13.2 Å². The Morgan fingerprint density at radius 1 is 1.26 bits per heavy atom. The van der Waals surface area contributed by atoms with Crippen molar-refractivity contribution >= 4 is 38.6 Å². The predicted molar refractivity (Wildman–Crippen MR) is 88.2 cm³/mol. The standard InChI is InChI=1S/C16H16BrNO5/c1-22-16(21)12(19)8-18-14(20)9-23-13-7-6-10-4-2-3-5-11(10)15(13)17/h2-7,12,19H,8-9H2,1H3,(H,18,20)/t12-/m0/s1. The maximum atomic E-state index is 11.7. The summed E-state index contributed by atoms with van der Waals surface area (Å²) in [5.74, 6) is -0.719. The van der Waals surface area contributed by atoms with Crippen molar-refractivity contribution in [2.45, 2.75) is 6.10 Å². The third-order valence-electron chi connectivity index (χ3n) is 3.15. The number of aliphatic hydroxyl groups excluding tert-OH is 1. The Balaban J connectivity index is 1.92. The molecule has 2 aromatic rings. The third-order valence-corrected chi connectivity index (χ3v) is 3.97. The van der Waals surface area contributed by atoms with E-state index in [0.29, 0.717) is 5.75 Å². The molecule has 2 aromatic carbocycles. The summed E-state index contributed by atoms with van der Waals surface area (Å²) in [5.41, 5.74) is 0. The van der Waals surface area contributed by atoms with Gasteiger partial charge in [0, 0.05) is 0 Å². The van der Waals surface area contributed by atoms with E-state index in [0.717, 1.165) is 22.4 Å². The number of carbonyl (C=O) groups is 2. The van der Waals surface area contributed by atoms with Crippen molar-refractivity contribution in [1.82, 2.24) is 5.32 Å². The summed E-state index contributed by atoms with van der Waals surface area (Å²) in [6.45, 7) is -0.460. The minimum atomic E-state index is -1.39. The molecule has 0 saturated carbocycles. The molecule has 0 spiro atoms. The van der Waals surface area contributed by atoms with Crippen LogP contribution in [0.4, 0.5) is 0 Å². The van der Waals surface area contributed by atoms with Gasteiger partial charge >= 0.3 is 5.97 Å². The van der Waals surface area contributed by atoms with E-state index < -0.39 is 18.0 Å². The lowest BCUT2D eigenvalue weighted by Crippen LogP contribution is -2.39. The zero-order chi connectivity index (χ0) is 16.8. The Labute approximate surface area is 141 Å². The first-order chi connectivity index (χ1) is 11.0. The highest BCUT2D eigenvalue weighted by molar-refractivity contribution is 9.10. The average molecular weight is 382 g/mol. The van der Waals surface area contributed by atoms with Crippen molar-refractivity contribution < 1.29 is 24.2 Å². The van der Waals surface area contributed by atoms with E-state index in [1.54, 1.807) is 6.07 Å². The fourth-order valence-electron chi connectivity index (χ4n) is 1.95. The minimum Gasteiger partial charge on any atom is -0.483 e. The van der Waals surface area contributed by atoms with Crippen LogP contribution < -0.4 is 10.1 Å². The van der Waals surface area contributed by atoms with Gasteiger partial charge in [-0.2, -0.15) is 0 Å². The molecule has 0 radical (unpaired) electrons. The molecule has 1 amide bonds. The quantitative estimate of drug-likeness (QED) is 0.742. The molecule has 0 fully saturated rings. The van der Waals surface area contributed by atoms with Gasteiger partial charge in [-0.15, -0.1) is 0 Å². The number of hydrogen-bond donors (Lipinski definition) is 2. The first-order valence-electron chi connectivity index (χ1n) is 6.85. The van der Waals surface area contributed by atoms with Gasteiger partial charge in [0.15, 0.2) is 12.7 Å². The lowest BCUT2D eigenvalue weighted by Gasteiger charge is -2.12. The van der Waals surface area contributed by atoms with E-state index in [4.69, 9.17) is 4.74 Å². The smallest absolute Gasteiger partial charge is 0.336 e. The number of fused-ring (bicyclic) bond motifs is 1. The third kappa shape index (κ3) is 4.43. The molecule has 0 aliphatic rings. The van der Waals surface area contributed by atoms with Crippen LogP contribution >= 0.6 is 15.9 Å². The molecule has 122 valence electrons. The lowest BCUT2D eigenvalue weighted by atomic mass is 10.1. The van der Waals surface area contributed by atoms with E-state index >= 15 is 0 Å². The fourth-order valence-corrected chi connectivity index (χ4v) is 2.56. The number of amides is 1. The topological polar surface area (TPSA) is 84.9 Å². The van der Waals surface area contributed by atoms with E-state index in [2.05, 4.69) is 26.0 Å². The number of ether oxygens (including phenoxy) is 2. The van der Waals surface area contributed by atoms with Crippen LogP contribution in [0.2, 0.25) is 0 Å². The minimum absolute atomic E-state index is 0.228. The fraction of sp³-hybridized carbons (Fsp3) is 0.250. The zero-order valence-electron chi connectivity index (χ0n) is 12.4. The largest absolute Gasteiger partial charge is 0.483 e. The molecule has 7 heteroatoms. The molecule has 0 aromatic heterocycles. The Morgan fingerprint density at radius 2 is 2.00 bits per heavy atom. The summed E-state index contributed by atoms with van der Waals surface area (Å²) in [5, 5.41) is 13.8. The van der Waals surface area contributed by atoms with Crippen LogP contribution in [0.3, 0.4) is 0 Å². The molecule has 0 heterocycles. The van der Waals surface area contributed by atoms with Crippen LogP contribution in [0.25, 0.3) is 10.8 Å². The van der Waals surface area contributed by atoms with E-state index in [1.807, 2.05) is 30.3 Å². The van der Waals surface area contributed by atoms with Gasteiger partial charge in [-0.3, -0.25) is 4.79 Å². The average Bonchev–Trinajstić information content (AvgIpc) is 2.58. The molecule has 0 saturated heterocycles. The van der Waals surface area contributed by atoms with Crippen LogP contribution in [0.15, 0.2) is 40.9 Å². The van der Waals surface area contributed by atoms with Crippen molar-refractivity contribution in [3.8, 4) is 5.75 Å². The summed E-state index contributed by atoms with van der Waals surface area (Å²) in [7, 11) is 1.16. The molecule has 0 unspecified atom stereocenters. The van der Waals surface area contributed by atoms with Crippen LogP contribution in [0, 0.1) is 0 Å². The maximum Gasteiger partial charge on any atom is 0.336 e. The Hall–Kier alpha value is -2.12. The molecule has 2 rings (SSSR count). The molecule has 0 aliphatic heterocycles. The van der Waals surface area contributed by atoms with Crippen LogP contribution in [0.5, 0.6) is 5.75 Å². The van der Waals surface area contributed by atoms with Crippen LogP contribution in [-0.2, 0) is 14.3 Å². The van der Waals surface area contributed by atoms with Crippen molar-refractivity contribution in [2.75, 3.05) is 20.3 Å². The SMILES string of the molecule is COC(=O)[C@@H](O)CNC(=O)COc1ccc2ccccc2c1Br. The molecule has 6 nitrogen and oxygen atoms in total. The van der Waals surface area contributed by atoms with E-state index in [9.17, 15) is 14.7 Å². The number of esters is 1. The number of halogens is 1. The number of aliphatic hydroxyl groups is 1. The Kier molecular flexibility index (Phi) is 5.95. The Bertz CT molecular complexity index is 719. The predicted octanol–water partition coefficient (Wildman–Crippen LogP) is 1.63. The number of hydrogen-bond acceptors (Lipinski definition) is 5. The van der Waals surface area contributed by atoms with Gasteiger partial charge < -0.3 is 19.9 Å². The summed E-state index contributed by atoms with van der Waals surface area (Å²) in [6, 6.07) is 11.4. The number of rotatable bonds is 6. The van der Waals surface area contributed by atoms with Gasteiger partial charge in [0.2, 0.25) is 0 Å². The number of methoxy groups -OCH3 is 1. The first-order valence-corrected chi connectivity index (χ1v) is 7.65. The summed E-state index contributed by atoms with van der Waals surface area (Å²) in [6.07, 6.45) is -1.39. The lowest BCUT2D eigenvalue weighted by molar-refractivity contribution is -0.150. The highest BCUT2D eigenvalue weighted by Gasteiger charge is 2.16. The van der Waals surface area contributed by atoms with Crippen molar-refractivity contribution in [3.05, 3.63) is 40.9 Å². The van der Waals surface area contributed by atoms with Crippen molar-refractivity contribution in [3.63, 3.8) is 0 Å². The zero-order valence-corrected chi connectivity index (χ0v) is 14.0. The monoisotopic (exact) mass is 381 g/mol. The number of nitrogens with one attached hydrogen (secondary N) is 1. The van der Waals surface area contributed by atoms with Crippen molar-refractivity contribution in [2.24, 2.45) is 0 Å². The molecule has 0 aliphatic carbocycles. The van der Waals surface area contributed by atoms with Crippen molar-refractivity contribution in [1.29, 1.82) is 0 Å². The molecule has 1 atom stereocenters. The van der Waals surface area contributed by atoms with Gasteiger partial charge in [-0.05, 0) is 32.8 Å². The normalized spacial score (nSPS) is 11.8. The van der Waals surface area contributed by atoms with E-state index in [1.165, 1.54) is 0 Å². The number of benzene rings is 2. The second-order valence-electron chi connectivity index (χ2n) is 4.73. The van der Waals surface area contributed by atoms with Crippen LogP contribution in [0.1, 0.15) is 0 Å². The molecule has 23 heavy (non-hydrogen) atoms.